The summed E-state index contributed by atoms with van der Waals surface area (Å²) in [7, 11) is 0. The van der Waals surface area contributed by atoms with E-state index in [2.05, 4.69) is 5.32 Å². The van der Waals surface area contributed by atoms with Crippen molar-refractivity contribution in [2.75, 3.05) is 0 Å². The molecule has 0 bridgehead atoms. The Labute approximate surface area is 135 Å². The number of benzene rings is 2. The average molecular weight is 315 g/mol. The van der Waals surface area contributed by atoms with E-state index in [4.69, 9.17) is 9.84 Å². The number of nitrogens with one attached hydrogen (secondary N) is 1. The molecule has 0 aliphatic rings. The van der Waals surface area contributed by atoms with E-state index in [1.807, 2.05) is 36.4 Å². The van der Waals surface area contributed by atoms with Crippen LogP contribution in [0.3, 0.4) is 0 Å². The molecule has 0 aliphatic carbocycles. The minimum atomic E-state index is -1.05. The Balaban J connectivity index is 2.13. The van der Waals surface area contributed by atoms with Crippen molar-refractivity contribution in [2.24, 2.45) is 5.92 Å². The minimum Gasteiger partial charge on any atom is -0.480 e. The van der Waals surface area contributed by atoms with E-state index in [9.17, 15) is 9.59 Å². The molecule has 0 aliphatic heterocycles. The van der Waals surface area contributed by atoms with Gasteiger partial charge in [-0.1, -0.05) is 50.2 Å². The molecule has 0 aromatic heterocycles. The fourth-order valence-corrected chi connectivity index (χ4v) is 2.33. The Hall–Kier alpha value is -2.56. The van der Waals surface area contributed by atoms with Gasteiger partial charge in [0.15, 0.2) is 6.10 Å². The molecule has 122 valence electrons. The van der Waals surface area contributed by atoms with E-state index in [1.54, 1.807) is 26.8 Å². The van der Waals surface area contributed by atoms with Crippen LogP contribution in [0.1, 0.15) is 20.8 Å². The molecule has 0 radical (unpaired) electrons. The van der Waals surface area contributed by atoms with E-state index in [-0.39, 0.29) is 5.92 Å². The van der Waals surface area contributed by atoms with Gasteiger partial charge in [-0.2, -0.15) is 0 Å². The first kappa shape index (κ1) is 16.8. The normalized spacial score (nSPS) is 13.6. The number of carboxylic acids is 1. The van der Waals surface area contributed by atoms with Crippen LogP contribution in [0.5, 0.6) is 5.75 Å². The second kappa shape index (κ2) is 7.13. The Bertz CT molecular complexity index is 706. The molecule has 2 unspecified atom stereocenters. The van der Waals surface area contributed by atoms with E-state index in [1.165, 1.54) is 0 Å². The Morgan fingerprint density at radius 2 is 1.70 bits per heavy atom. The SMILES string of the molecule is CC(Oc1cccc2ccccc12)C(=O)NC(C(=O)O)C(C)C. The summed E-state index contributed by atoms with van der Waals surface area (Å²) >= 11 is 0. The van der Waals surface area contributed by atoms with Gasteiger partial charge >= 0.3 is 5.97 Å². The van der Waals surface area contributed by atoms with Crippen molar-refractivity contribution in [3.63, 3.8) is 0 Å². The summed E-state index contributed by atoms with van der Waals surface area (Å²) in [5, 5.41) is 13.6. The molecule has 2 aromatic rings. The highest BCUT2D eigenvalue weighted by atomic mass is 16.5. The van der Waals surface area contributed by atoms with Crippen molar-refractivity contribution in [2.45, 2.75) is 32.9 Å². The largest absolute Gasteiger partial charge is 0.480 e. The molecule has 0 fully saturated rings. The van der Waals surface area contributed by atoms with Gasteiger partial charge in [-0.15, -0.1) is 0 Å². The van der Waals surface area contributed by atoms with Crippen molar-refractivity contribution in [1.82, 2.24) is 5.32 Å². The van der Waals surface area contributed by atoms with Gasteiger partial charge in [0.05, 0.1) is 0 Å². The third kappa shape index (κ3) is 4.00. The minimum absolute atomic E-state index is 0.207. The zero-order valence-corrected chi connectivity index (χ0v) is 13.4. The van der Waals surface area contributed by atoms with E-state index in [0.717, 1.165) is 10.8 Å². The molecule has 0 spiro atoms. The van der Waals surface area contributed by atoms with Crippen LogP contribution in [0, 0.1) is 5.92 Å². The lowest BCUT2D eigenvalue weighted by Gasteiger charge is -2.21. The van der Waals surface area contributed by atoms with E-state index in [0.29, 0.717) is 5.75 Å². The summed E-state index contributed by atoms with van der Waals surface area (Å²) in [4.78, 5) is 23.4. The highest BCUT2D eigenvalue weighted by molar-refractivity contribution is 5.90. The standard InChI is InChI=1S/C18H21NO4/c1-11(2)16(18(21)22)19-17(20)12(3)23-15-10-6-8-13-7-4-5-9-14(13)15/h4-12,16H,1-3H3,(H,19,20)(H,21,22). The second-order valence-corrected chi connectivity index (χ2v) is 5.81. The predicted molar refractivity (Wildman–Crippen MR) is 88.4 cm³/mol. The molecule has 2 aromatic carbocycles. The van der Waals surface area contributed by atoms with Crippen LogP contribution in [-0.4, -0.2) is 29.1 Å². The average Bonchev–Trinajstić information content (AvgIpc) is 2.52. The summed E-state index contributed by atoms with van der Waals surface area (Å²) < 4.78 is 5.74. The molecule has 0 saturated heterocycles. The number of rotatable bonds is 6. The van der Waals surface area contributed by atoms with E-state index < -0.39 is 24.0 Å². The number of hydrogen-bond donors (Lipinski definition) is 2. The molecule has 2 rings (SSSR count). The summed E-state index contributed by atoms with van der Waals surface area (Å²) in [6.45, 7) is 5.10. The van der Waals surface area contributed by atoms with Gasteiger partial charge in [0.1, 0.15) is 11.8 Å². The molecule has 1 amide bonds. The van der Waals surface area contributed by atoms with Gasteiger partial charge < -0.3 is 15.2 Å². The van der Waals surface area contributed by atoms with Crippen molar-refractivity contribution >= 4 is 22.6 Å². The zero-order valence-electron chi connectivity index (χ0n) is 13.4. The molecule has 0 heterocycles. The summed E-state index contributed by atoms with van der Waals surface area (Å²) in [5.41, 5.74) is 0. The van der Waals surface area contributed by atoms with Gasteiger partial charge in [-0.25, -0.2) is 4.79 Å². The van der Waals surface area contributed by atoms with Crippen LogP contribution in [0.25, 0.3) is 10.8 Å². The maximum Gasteiger partial charge on any atom is 0.326 e. The first-order valence-electron chi connectivity index (χ1n) is 7.57. The van der Waals surface area contributed by atoms with Crippen molar-refractivity contribution < 1.29 is 19.4 Å². The van der Waals surface area contributed by atoms with Gasteiger partial charge in [-0.05, 0) is 24.3 Å². The van der Waals surface area contributed by atoms with Gasteiger partial charge in [0.25, 0.3) is 5.91 Å². The molecule has 23 heavy (non-hydrogen) atoms. The number of hydrogen-bond acceptors (Lipinski definition) is 3. The topological polar surface area (TPSA) is 75.6 Å². The number of carbonyl (C=O) groups excluding carboxylic acids is 1. The van der Waals surface area contributed by atoms with Crippen LogP contribution in [0.4, 0.5) is 0 Å². The number of carbonyl (C=O) groups is 2. The summed E-state index contributed by atoms with van der Waals surface area (Å²) in [5.74, 6) is -1.10. The number of amides is 1. The highest BCUT2D eigenvalue weighted by Gasteiger charge is 2.26. The predicted octanol–water partition coefficient (Wildman–Crippen LogP) is 2.83. The quantitative estimate of drug-likeness (QED) is 0.859. The molecular formula is C18H21NO4. The van der Waals surface area contributed by atoms with E-state index >= 15 is 0 Å². The maximum absolute atomic E-state index is 12.2. The number of aliphatic carboxylic acids is 1. The number of carboxylic acid groups (broad SMARTS) is 1. The molecule has 2 atom stereocenters. The van der Waals surface area contributed by atoms with Crippen LogP contribution < -0.4 is 10.1 Å². The van der Waals surface area contributed by atoms with Crippen molar-refractivity contribution in [3.05, 3.63) is 42.5 Å². The van der Waals surface area contributed by atoms with Crippen molar-refractivity contribution in [3.8, 4) is 5.75 Å². The number of fused-ring (bicyclic) bond motifs is 1. The highest BCUT2D eigenvalue weighted by Crippen LogP contribution is 2.26. The fraction of sp³-hybridized carbons (Fsp3) is 0.333. The first-order chi connectivity index (χ1) is 10.9. The summed E-state index contributed by atoms with van der Waals surface area (Å²) in [6, 6.07) is 12.4. The van der Waals surface area contributed by atoms with Crippen LogP contribution in [-0.2, 0) is 9.59 Å². The molecule has 5 heteroatoms. The lowest BCUT2D eigenvalue weighted by Crippen LogP contribution is -2.48. The second-order valence-electron chi connectivity index (χ2n) is 5.81. The molecular weight excluding hydrogens is 294 g/mol. The summed E-state index contributed by atoms with van der Waals surface area (Å²) in [6.07, 6.45) is -0.790. The Morgan fingerprint density at radius 1 is 1.04 bits per heavy atom. The number of ether oxygens (including phenoxy) is 1. The van der Waals surface area contributed by atoms with Crippen LogP contribution in [0.15, 0.2) is 42.5 Å². The lowest BCUT2D eigenvalue weighted by molar-refractivity contribution is -0.144. The monoisotopic (exact) mass is 315 g/mol. The Kier molecular flexibility index (Phi) is 5.21. The lowest BCUT2D eigenvalue weighted by atomic mass is 10.0. The van der Waals surface area contributed by atoms with Gasteiger partial charge in [0.2, 0.25) is 0 Å². The fourth-order valence-electron chi connectivity index (χ4n) is 2.33. The molecule has 2 N–H and O–H groups in total. The third-order valence-corrected chi connectivity index (χ3v) is 3.65. The maximum atomic E-state index is 12.2. The molecule has 0 saturated carbocycles. The molecule has 5 nitrogen and oxygen atoms in total. The van der Waals surface area contributed by atoms with Gasteiger partial charge in [-0.3, -0.25) is 4.79 Å². The smallest absolute Gasteiger partial charge is 0.326 e. The van der Waals surface area contributed by atoms with Crippen LogP contribution in [0.2, 0.25) is 0 Å². The van der Waals surface area contributed by atoms with Crippen molar-refractivity contribution in [1.29, 1.82) is 0 Å². The third-order valence-electron chi connectivity index (χ3n) is 3.65. The Morgan fingerprint density at radius 3 is 2.35 bits per heavy atom. The zero-order chi connectivity index (χ0) is 17.0. The first-order valence-corrected chi connectivity index (χ1v) is 7.57. The van der Waals surface area contributed by atoms with Gasteiger partial charge in [0, 0.05) is 5.39 Å². The van der Waals surface area contributed by atoms with Crippen LogP contribution >= 0.6 is 0 Å².